The molecule has 0 aliphatic carbocycles. The van der Waals surface area contributed by atoms with E-state index in [2.05, 4.69) is 25.7 Å². The van der Waals surface area contributed by atoms with E-state index < -0.39 is 36.1 Å². The van der Waals surface area contributed by atoms with Gasteiger partial charge < -0.3 is 20.9 Å². The molecule has 5 atom stereocenters. The molecular formula is C23H35F2N9O3. The SMILES string of the molecule is CN1CC(F)CNC1C(C(=O)Nc1cncc(F)c1N1CCN(C(=O)[C@@H]2CCCN2C)CC1)C(N)N=O. The van der Waals surface area contributed by atoms with Crippen LogP contribution in [0.5, 0.6) is 0 Å². The number of carbonyl (C=O) groups is 2. The third kappa shape index (κ3) is 5.87. The summed E-state index contributed by atoms with van der Waals surface area (Å²) >= 11 is 0. The maximum atomic E-state index is 15.0. The van der Waals surface area contributed by atoms with Crippen molar-refractivity contribution in [1.82, 2.24) is 25.0 Å². The van der Waals surface area contributed by atoms with E-state index in [1.807, 2.05) is 7.05 Å². The summed E-state index contributed by atoms with van der Waals surface area (Å²) in [6.45, 7) is 2.53. The molecule has 204 valence electrons. The van der Waals surface area contributed by atoms with Gasteiger partial charge in [0.05, 0.1) is 30.3 Å². The normalized spacial score (nSPS) is 27.1. The molecule has 1 aromatic heterocycles. The third-order valence-corrected chi connectivity index (χ3v) is 7.49. The van der Waals surface area contributed by atoms with Crippen LogP contribution in [0.25, 0.3) is 0 Å². The van der Waals surface area contributed by atoms with E-state index in [4.69, 9.17) is 5.73 Å². The Balaban J connectivity index is 1.48. The number of alkyl halides is 1. The molecule has 0 radical (unpaired) electrons. The molecule has 3 aliphatic rings. The molecule has 4 heterocycles. The zero-order valence-electron chi connectivity index (χ0n) is 21.1. The van der Waals surface area contributed by atoms with Crippen molar-refractivity contribution in [2.75, 3.05) is 70.1 Å². The number of nitrogens with one attached hydrogen (secondary N) is 2. The summed E-state index contributed by atoms with van der Waals surface area (Å²) in [5.74, 6) is -2.37. The zero-order valence-corrected chi connectivity index (χ0v) is 21.1. The highest BCUT2D eigenvalue weighted by molar-refractivity contribution is 5.96. The first-order valence-electron chi connectivity index (χ1n) is 12.5. The number of pyridine rings is 1. The van der Waals surface area contributed by atoms with Gasteiger partial charge in [-0.1, -0.05) is 5.18 Å². The summed E-state index contributed by atoms with van der Waals surface area (Å²) in [5, 5.41) is 8.41. The molecular weight excluding hydrogens is 488 g/mol. The van der Waals surface area contributed by atoms with Crippen LogP contribution in [-0.2, 0) is 9.59 Å². The van der Waals surface area contributed by atoms with Crippen molar-refractivity contribution < 1.29 is 18.4 Å². The molecule has 37 heavy (non-hydrogen) atoms. The molecule has 3 saturated heterocycles. The van der Waals surface area contributed by atoms with Gasteiger partial charge in [-0.15, -0.1) is 4.91 Å². The summed E-state index contributed by atoms with van der Waals surface area (Å²) < 4.78 is 28.8. The maximum Gasteiger partial charge on any atom is 0.240 e. The minimum atomic E-state index is -1.41. The number of halogens is 2. The van der Waals surface area contributed by atoms with Crippen LogP contribution in [0.4, 0.5) is 20.2 Å². The number of nitrogens with zero attached hydrogens (tertiary/aromatic N) is 6. The monoisotopic (exact) mass is 523 g/mol. The lowest BCUT2D eigenvalue weighted by atomic mass is 9.98. The van der Waals surface area contributed by atoms with Gasteiger partial charge in [0.1, 0.15) is 17.8 Å². The molecule has 4 rings (SSSR count). The summed E-state index contributed by atoms with van der Waals surface area (Å²) in [4.78, 5) is 48.6. The van der Waals surface area contributed by atoms with Crippen LogP contribution < -0.4 is 21.3 Å². The number of anilines is 2. The quantitative estimate of drug-likeness (QED) is 0.414. The predicted molar refractivity (Wildman–Crippen MR) is 134 cm³/mol. The highest BCUT2D eigenvalue weighted by Crippen LogP contribution is 2.31. The van der Waals surface area contributed by atoms with Crippen molar-refractivity contribution in [1.29, 1.82) is 0 Å². The number of amides is 2. The Morgan fingerprint density at radius 2 is 1.92 bits per heavy atom. The van der Waals surface area contributed by atoms with Crippen LogP contribution in [0.1, 0.15) is 12.8 Å². The maximum absolute atomic E-state index is 15.0. The van der Waals surface area contributed by atoms with Gasteiger partial charge >= 0.3 is 0 Å². The molecule has 3 fully saturated rings. The first kappa shape index (κ1) is 27.2. The van der Waals surface area contributed by atoms with Crippen LogP contribution in [-0.4, -0.2) is 116 Å². The lowest BCUT2D eigenvalue weighted by Gasteiger charge is -2.40. The number of aromatic nitrogens is 1. The molecule has 3 aliphatic heterocycles. The van der Waals surface area contributed by atoms with Gasteiger partial charge in [0, 0.05) is 39.3 Å². The fourth-order valence-electron chi connectivity index (χ4n) is 5.49. The summed E-state index contributed by atoms with van der Waals surface area (Å²) in [5.41, 5.74) is 6.14. The minimum absolute atomic E-state index is 0.00319. The van der Waals surface area contributed by atoms with E-state index in [1.165, 1.54) is 6.20 Å². The molecule has 1 aromatic rings. The number of carbonyl (C=O) groups excluding carboxylic acids is 2. The predicted octanol–water partition coefficient (Wildman–Crippen LogP) is -0.231. The number of hydrogen-bond acceptors (Lipinski definition) is 10. The Morgan fingerprint density at radius 3 is 2.54 bits per heavy atom. The number of likely N-dealkylation sites (N-methyl/N-ethyl adjacent to an activating group) is 1. The molecule has 4 unspecified atom stereocenters. The van der Waals surface area contributed by atoms with E-state index in [0.29, 0.717) is 26.2 Å². The lowest BCUT2D eigenvalue weighted by molar-refractivity contribution is -0.135. The second kappa shape index (κ2) is 11.7. The van der Waals surface area contributed by atoms with Crippen molar-refractivity contribution in [2.45, 2.75) is 37.4 Å². The molecule has 2 amide bonds. The van der Waals surface area contributed by atoms with Crippen LogP contribution >= 0.6 is 0 Å². The second-order valence-electron chi connectivity index (χ2n) is 9.97. The van der Waals surface area contributed by atoms with Gasteiger partial charge in [-0.2, -0.15) is 0 Å². The smallest absolute Gasteiger partial charge is 0.240 e. The van der Waals surface area contributed by atoms with Gasteiger partial charge in [0.25, 0.3) is 0 Å². The number of hydrogen-bond donors (Lipinski definition) is 3. The number of likely N-dealkylation sites (tertiary alicyclic amines) is 1. The minimum Gasteiger partial charge on any atom is -0.364 e. The summed E-state index contributed by atoms with van der Waals surface area (Å²) in [6, 6.07) is -0.120. The Labute approximate surface area is 214 Å². The fraction of sp³-hybridized carbons (Fsp3) is 0.696. The highest BCUT2D eigenvalue weighted by atomic mass is 19.1. The molecule has 14 heteroatoms. The first-order valence-corrected chi connectivity index (χ1v) is 12.5. The summed E-state index contributed by atoms with van der Waals surface area (Å²) in [7, 11) is 3.56. The molecule has 0 bridgehead atoms. The fourth-order valence-corrected chi connectivity index (χ4v) is 5.49. The highest BCUT2D eigenvalue weighted by Gasteiger charge is 2.40. The lowest BCUT2D eigenvalue weighted by Crippen LogP contribution is -2.62. The Morgan fingerprint density at radius 1 is 1.19 bits per heavy atom. The average Bonchev–Trinajstić information content (AvgIpc) is 3.31. The van der Waals surface area contributed by atoms with Gasteiger partial charge in [0.2, 0.25) is 11.8 Å². The van der Waals surface area contributed by atoms with Crippen molar-refractivity contribution in [3.63, 3.8) is 0 Å². The standard InChI is InChI=1S/C23H35F2N9O3/c1-31-5-3-4-17(31)23(36)34-8-6-33(7-9-34)19-15(25)11-27-12-16(19)29-22(35)18(20(26)30-37)21-28-10-14(24)13-32(21)2/h11-12,14,17-18,20-21,28H,3-10,13,26H2,1-2H3,(H,29,35)/t14?,17-,18?,20?,21?/m0/s1. The van der Waals surface area contributed by atoms with Crippen LogP contribution in [0.3, 0.4) is 0 Å². The van der Waals surface area contributed by atoms with E-state index in [9.17, 15) is 18.9 Å². The van der Waals surface area contributed by atoms with E-state index >= 15 is 4.39 Å². The Bertz CT molecular complexity index is 994. The van der Waals surface area contributed by atoms with Crippen LogP contribution in [0.15, 0.2) is 17.6 Å². The van der Waals surface area contributed by atoms with Crippen molar-refractivity contribution in [3.05, 3.63) is 23.1 Å². The second-order valence-corrected chi connectivity index (χ2v) is 9.97. The van der Waals surface area contributed by atoms with Gasteiger partial charge in [-0.3, -0.25) is 29.7 Å². The number of piperazine rings is 1. The van der Waals surface area contributed by atoms with Crippen LogP contribution in [0.2, 0.25) is 0 Å². The first-order chi connectivity index (χ1) is 17.7. The van der Waals surface area contributed by atoms with Crippen LogP contribution in [0, 0.1) is 16.6 Å². The molecule has 4 N–H and O–H groups in total. The topological polar surface area (TPSA) is 140 Å². The molecule has 0 aromatic carbocycles. The average molecular weight is 524 g/mol. The van der Waals surface area contributed by atoms with Crippen molar-refractivity contribution in [2.24, 2.45) is 16.8 Å². The summed E-state index contributed by atoms with van der Waals surface area (Å²) in [6.07, 6.45) is 0.919. The number of nitroso groups, excluding NO2 is 1. The Kier molecular flexibility index (Phi) is 8.62. The molecule has 0 saturated carbocycles. The van der Waals surface area contributed by atoms with E-state index in [0.717, 1.165) is 25.6 Å². The van der Waals surface area contributed by atoms with E-state index in [-0.39, 0.29) is 36.4 Å². The molecule has 12 nitrogen and oxygen atoms in total. The van der Waals surface area contributed by atoms with Crippen molar-refractivity contribution in [3.8, 4) is 0 Å². The van der Waals surface area contributed by atoms with Gasteiger partial charge in [-0.25, -0.2) is 8.78 Å². The number of nitrogens with two attached hydrogens (primary N) is 1. The van der Waals surface area contributed by atoms with E-state index in [1.54, 1.807) is 21.7 Å². The van der Waals surface area contributed by atoms with Gasteiger partial charge in [-0.05, 0) is 33.5 Å². The third-order valence-electron chi connectivity index (χ3n) is 7.49. The Hall–Kier alpha value is -2.81. The largest absolute Gasteiger partial charge is 0.364 e. The zero-order chi connectivity index (χ0) is 26.7. The van der Waals surface area contributed by atoms with Crippen molar-refractivity contribution >= 4 is 23.2 Å². The number of rotatable bonds is 7. The molecule has 0 spiro atoms. The van der Waals surface area contributed by atoms with Gasteiger partial charge in [0.15, 0.2) is 12.0 Å².